The zero-order valence-corrected chi connectivity index (χ0v) is 11.2. The second-order valence-corrected chi connectivity index (χ2v) is 5.41. The van der Waals surface area contributed by atoms with E-state index >= 15 is 0 Å². The summed E-state index contributed by atoms with van der Waals surface area (Å²) >= 11 is 0. The minimum Gasteiger partial charge on any atom is -0.295 e. The Balaban J connectivity index is 2.54. The number of anilines is 1. The zero-order valence-electron chi connectivity index (χ0n) is 11.2. The highest BCUT2D eigenvalue weighted by molar-refractivity contribution is 6.07. The highest BCUT2D eigenvalue weighted by atomic mass is 16.2. The van der Waals surface area contributed by atoms with Crippen molar-refractivity contribution in [3.05, 3.63) is 29.8 Å². The molecule has 0 N–H and O–H groups in total. The molecule has 0 radical (unpaired) electrons. The summed E-state index contributed by atoms with van der Waals surface area (Å²) in [5.74, 6) is 0.180. The number of nitrogens with zero attached hydrogens (tertiary/aromatic N) is 2. The summed E-state index contributed by atoms with van der Waals surface area (Å²) in [6.07, 6.45) is 0.0745. The van der Waals surface area contributed by atoms with E-state index in [2.05, 4.69) is 17.9 Å². The van der Waals surface area contributed by atoms with E-state index in [9.17, 15) is 4.79 Å². The lowest BCUT2D eigenvalue weighted by Crippen LogP contribution is -2.47. The van der Waals surface area contributed by atoms with Crippen LogP contribution in [0.3, 0.4) is 0 Å². The molecule has 1 unspecified atom stereocenters. The minimum absolute atomic E-state index is 0.0745. The van der Waals surface area contributed by atoms with Crippen LogP contribution in [-0.2, 0) is 10.2 Å². The van der Waals surface area contributed by atoms with E-state index in [1.807, 2.05) is 51.0 Å². The summed E-state index contributed by atoms with van der Waals surface area (Å²) in [6.45, 7) is 6.04. The van der Waals surface area contributed by atoms with Gasteiger partial charge in [-0.1, -0.05) is 18.2 Å². The summed E-state index contributed by atoms with van der Waals surface area (Å²) in [6, 6.07) is 8.07. The largest absolute Gasteiger partial charge is 0.295 e. The summed E-state index contributed by atoms with van der Waals surface area (Å²) in [5, 5.41) is 0. The third-order valence-electron chi connectivity index (χ3n) is 3.71. The van der Waals surface area contributed by atoms with Gasteiger partial charge >= 0.3 is 0 Å². The quantitative estimate of drug-likeness (QED) is 0.780. The molecule has 0 aliphatic carbocycles. The van der Waals surface area contributed by atoms with E-state index < -0.39 is 5.41 Å². The van der Waals surface area contributed by atoms with E-state index in [1.54, 1.807) is 0 Å². The van der Waals surface area contributed by atoms with Gasteiger partial charge in [-0.25, -0.2) is 0 Å². The molecule has 0 spiro atoms. The van der Waals surface area contributed by atoms with Crippen LogP contribution >= 0.6 is 0 Å². The van der Waals surface area contributed by atoms with E-state index in [0.29, 0.717) is 0 Å². The summed E-state index contributed by atoms with van der Waals surface area (Å²) in [4.78, 5) is 16.5. The van der Waals surface area contributed by atoms with Crippen molar-refractivity contribution in [1.29, 1.82) is 0 Å². The highest BCUT2D eigenvalue weighted by Gasteiger charge is 2.45. The number of para-hydroxylation sites is 1. The normalized spacial score (nSPS) is 19.6. The van der Waals surface area contributed by atoms with Crippen LogP contribution in [0.4, 0.5) is 5.69 Å². The SMILES string of the molecule is CC(N(C)C)N1C(=O)C(C)(C)c2ccccc21. The van der Waals surface area contributed by atoms with Gasteiger partial charge in [-0.3, -0.25) is 14.6 Å². The number of hydrogen-bond donors (Lipinski definition) is 0. The Labute approximate surface area is 103 Å². The van der Waals surface area contributed by atoms with E-state index in [0.717, 1.165) is 11.3 Å². The predicted molar refractivity (Wildman–Crippen MR) is 70.1 cm³/mol. The molecule has 17 heavy (non-hydrogen) atoms. The van der Waals surface area contributed by atoms with Crippen LogP contribution in [0.5, 0.6) is 0 Å². The third-order valence-corrected chi connectivity index (χ3v) is 3.71. The van der Waals surface area contributed by atoms with Crippen LogP contribution in [0.2, 0.25) is 0 Å². The van der Waals surface area contributed by atoms with Crippen molar-refractivity contribution in [1.82, 2.24) is 4.90 Å². The lowest BCUT2D eigenvalue weighted by atomic mass is 9.86. The number of amides is 1. The van der Waals surface area contributed by atoms with Crippen molar-refractivity contribution < 1.29 is 4.79 Å². The standard InChI is InChI=1S/C14H20N2O/c1-10(15(4)5)16-12-9-7-6-8-11(12)14(2,3)13(16)17/h6-10H,1-5H3. The van der Waals surface area contributed by atoms with Crippen molar-refractivity contribution in [3.8, 4) is 0 Å². The number of fused-ring (bicyclic) bond motifs is 1. The smallest absolute Gasteiger partial charge is 0.238 e. The highest BCUT2D eigenvalue weighted by Crippen LogP contribution is 2.42. The van der Waals surface area contributed by atoms with Crippen LogP contribution < -0.4 is 4.90 Å². The molecule has 1 amide bonds. The summed E-state index contributed by atoms with van der Waals surface area (Å²) in [5.41, 5.74) is 1.75. The molecule has 1 atom stereocenters. The molecular weight excluding hydrogens is 212 g/mol. The Hall–Kier alpha value is -1.35. The molecule has 0 aromatic heterocycles. The molecule has 0 bridgehead atoms. The van der Waals surface area contributed by atoms with Crippen LogP contribution in [0.15, 0.2) is 24.3 Å². The molecule has 1 aromatic carbocycles. The molecule has 0 saturated carbocycles. The number of hydrogen-bond acceptors (Lipinski definition) is 2. The van der Waals surface area contributed by atoms with Gasteiger partial charge < -0.3 is 0 Å². The Morgan fingerprint density at radius 2 is 1.82 bits per heavy atom. The van der Waals surface area contributed by atoms with Gasteiger partial charge in [0, 0.05) is 5.69 Å². The van der Waals surface area contributed by atoms with Crippen LogP contribution in [0.25, 0.3) is 0 Å². The third kappa shape index (κ3) is 1.65. The van der Waals surface area contributed by atoms with Crippen molar-refractivity contribution in [2.24, 2.45) is 0 Å². The molecule has 1 heterocycles. The Morgan fingerprint density at radius 3 is 2.41 bits per heavy atom. The predicted octanol–water partition coefficient (Wildman–Crippen LogP) is 2.22. The van der Waals surface area contributed by atoms with Gasteiger partial charge in [0.2, 0.25) is 5.91 Å². The van der Waals surface area contributed by atoms with Gasteiger partial charge in [0.25, 0.3) is 0 Å². The van der Waals surface area contributed by atoms with Crippen LogP contribution in [0.1, 0.15) is 26.3 Å². The molecule has 1 aromatic rings. The van der Waals surface area contributed by atoms with Gasteiger partial charge in [-0.15, -0.1) is 0 Å². The van der Waals surface area contributed by atoms with Gasteiger partial charge in [0.1, 0.15) is 0 Å². The Morgan fingerprint density at radius 1 is 1.24 bits per heavy atom. The molecule has 2 rings (SSSR count). The fourth-order valence-corrected chi connectivity index (χ4v) is 2.34. The van der Waals surface area contributed by atoms with Crippen molar-refractivity contribution >= 4 is 11.6 Å². The first-order chi connectivity index (χ1) is 7.87. The van der Waals surface area contributed by atoms with Gasteiger partial charge in [-0.2, -0.15) is 0 Å². The molecule has 3 heteroatoms. The number of benzene rings is 1. The average Bonchev–Trinajstić information content (AvgIpc) is 2.48. The Bertz CT molecular complexity index is 451. The summed E-state index contributed by atoms with van der Waals surface area (Å²) < 4.78 is 0. The molecule has 1 aliphatic heterocycles. The maximum atomic E-state index is 12.5. The second kappa shape index (κ2) is 3.84. The van der Waals surface area contributed by atoms with E-state index in [1.165, 1.54) is 0 Å². The van der Waals surface area contributed by atoms with E-state index in [-0.39, 0.29) is 12.1 Å². The maximum absolute atomic E-state index is 12.5. The molecule has 92 valence electrons. The van der Waals surface area contributed by atoms with Gasteiger partial charge in [0.15, 0.2) is 0 Å². The second-order valence-electron chi connectivity index (χ2n) is 5.41. The first-order valence-electron chi connectivity index (χ1n) is 5.97. The fraction of sp³-hybridized carbons (Fsp3) is 0.500. The molecule has 0 fully saturated rings. The van der Waals surface area contributed by atoms with Crippen LogP contribution in [-0.4, -0.2) is 31.1 Å². The topological polar surface area (TPSA) is 23.6 Å². The monoisotopic (exact) mass is 232 g/mol. The van der Waals surface area contributed by atoms with Crippen molar-refractivity contribution in [3.63, 3.8) is 0 Å². The first kappa shape index (κ1) is 12.1. The average molecular weight is 232 g/mol. The zero-order chi connectivity index (χ0) is 12.8. The van der Waals surface area contributed by atoms with Gasteiger partial charge in [0.05, 0.1) is 11.6 Å². The van der Waals surface area contributed by atoms with E-state index in [4.69, 9.17) is 0 Å². The van der Waals surface area contributed by atoms with Crippen molar-refractivity contribution in [2.45, 2.75) is 32.4 Å². The number of carbonyl (C=O) groups excluding carboxylic acids is 1. The maximum Gasteiger partial charge on any atom is 0.238 e. The Kier molecular flexibility index (Phi) is 2.74. The molecule has 1 aliphatic rings. The summed E-state index contributed by atoms with van der Waals surface area (Å²) in [7, 11) is 3.98. The first-order valence-corrected chi connectivity index (χ1v) is 5.97. The lowest BCUT2D eigenvalue weighted by molar-refractivity contribution is -0.123. The van der Waals surface area contributed by atoms with Gasteiger partial charge in [-0.05, 0) is 46.5 Å². The lowest BCUT2D eigenvalue weighted by Gasteiger charge is -2.31. The van der Waals surface area contributed by atoms with Crippen LogP contribution in [0, 0.1) is 0 Å². The number of rotatable bonds is 2. The van der Waals surface area contributed by atoms with Crippen molar-refractivity contribution in [2.75, 3.05) is 19.0 Å². The fourth-order valence-electron chi connectivity index (χ4n) is 2.34. The molecular formula is C14H20N2O. The molecule has 0 saturated heterocycles. The molecule has 3 nitrogen and oxygen atoms in total. The number of carbonyl (C=O) groups is 1. The minimum atomic E-state index is -0.416.